The van der Waals surface area contributed by atoms with E-state index in [1.165, 1.54) is 42.8 Å². The Balaban J connectivity index is 0.000000181. The van der Waals surface area contributed by atoms with Crippen molar-refractivity contribution in [1.82, 2.24) is 87.2 Å². The Bertz CT molecular complexity index is 6600. The highest BCUT2D eigenvalue weighted by Gasteiger charge is 2.38. The minimum Gasteiger partial charge on any atom is -0.375 e. The Hall–Kier alpha value is -10.8. The van der Waals surface area contributed by atoms with Crippen LogP contribution < -0.4 is 31.9 Å². The Kier molecular flexibility index (Phi) is 39.6. The van der Waals surface area contributed by atoms with E-state index in [4.69, 9.17) is 81.7 Å². The number of halogens is 14. The second kappa shape index (κ2) is 49.3. The van der Waals surface area contributed by atoms with Crippen molar-refractivity contribution in [2.45, 2.75) is 338 Å². The van der Waals surface area contributed by atoms with Crippen LogP contribution in [0.15, 0.2) is 72.9 Å². The zero-order chi connectivity index (χ0) is 109. The molecule has 804 valence electrons. The minimum atomic E-state index is -4.51. The predicted molar refractivity (Wildman–Crippen MR) is 548 cm³/mol. The fraction of sp³-hybridized carbons (Fsp3) is 0.571. The van der Waals surface area contributed by atoms with E-state index < -0.39 is 61.5 Å². The lowest BCUT2D eigenvalue weighted by Gasteiger charge is -2.35. The first-order valence-electron chi connectivity index (χ1n) is 48.0. The third-order valence-corrected chi connectivity index (χ3v) is 23.2. The van der Waals surface area contributed by atoms with Gasteiger partial charge in [-0.05, 0) is 260 Å². The fourth-order valence-corrected chi connectivity index (χ4v) is 16.4. The van der Waals surface area contributed by atoms with Gasteiger partial charge in [0.25, 0.3) is 0 Å². The van der Waals surface area contributed by atoms with Crippen LogP contribution in [-0.2, 0) is 72.1 Å². The number of ether oxygens (including phenoxy) is 5. The summed E-state index contributed by atoms with van der Waals surface area (Å²) in [6.07, 6.45) is -1.91. The molecule has 0 radical (unpaired) electrons. The number of aryl methyl sites for hydroxylation is 1. The lowest BCUT2D eigenvalue weighted by Crippen LogP contribution is -2.37. The molecule has 2 atom stereocenters. The van der Waals surface area contributed by atoms with Crippen LogP contribution in [0.5, 0.6) is 0 Å². The number of carbonyl (C=O) groups excluding carboxylic acids is 6. The predicted octanol–water partition coefficient (Wildman–Crippen LogP) is 23.9. The van der Waals surface area contributed by atoms with Gasteiger partial charge in [0, 0.05) is 30.7 Å². The summed E-state index contributed by atoms with van der Waals surface area (Å²) in [5.41, 5.74) is 4.40. The van der Waals surface area contributed by atoms with Crippen molar-refractivity contribution < 1.29 is 92.0 Å². The molecular formula is C98H128Cl5F9N24O11. The van der Waals surface area contributed by atoms with Gasteiger partial charge in [-0.15, -0.1) is 0 Å². The van der Waals surface area contributed by atoms with Gasteiger partial charge < -0.3 is 23.7 Å². The monoisotopic (exact) mass is 2160 g/mol. The molecule has 15 rings (SSSR count). The van der Waals surface area contributed by atoms with Crippen molar-refractivity contribution >= 4 is 196 Å². The van der Waals surface area contributed by atoms with Gasteiger partial charge in [-0.1, -0.05) is 78.8 Å². The standard InChI is InChI=1S/C18H25ClN4O2.C18H26N4O2.C17H20ClF3N4O2.C16H23ClN4O2.C15H18ClF3N4O2.C14H16ClF3N4O/c1-11(2)23-16-13(7-8-14(19)21-16)20-17(23)22-15(24)10-12-6-5-9-18(3,4)25-12;1-12-8-10-19-16-15(12)21-17(22(16)13-6-5-7-13)20-14(23)9-11-24-18(2,3)4;1-16(2)7-3-4-10(27-16)8-13(26)24-15-22-11-5-6-12(18)23-14(11)25(15)9-17(19,20)21;1-10(2)21-14-11(6-7-12(17)19-14)18-15(21)20-13(22)8-9-23-16(3,4)5;1-14(2,3)25-7-6-11(24)22-13-20-9-4-5-10(16)21-12(9)23(13)8-15(17,18)19;1-13(2,3)6-10(23)21-12-19-8-4-5-9(15)20-11(8)22(12)7-14(16,17)18/h7-8,11-12H,5-6,9-10H2,1-4H3,(H,20,22,24);8,10,13H,5-7,9,11H2,1-4H3,(H,20,21,23);5-6,10H,3-4,7-9H2,1-2H3,(H,22,24,26);6-7,10H,8-9H2,1-5H3,(H,18,20,22);4-5H,6-8H2,1-3H3,(H,20,22,24);4-5H,6-7H2,1-3H3,(H,19,21,23). The maximum Gasteiger partial charge on any atom is 0.406 e. The lowest BCUT2D eigenvalue weighted by molar-refractivity contribution is -0.140. The summed E-state index contributed by atoms with van der Waals surface area (Å²) in [5, 5.41) is 16.9. The first kappa shape index (κ1) is 118. The third kappa shape index (κ3) is 36.8. The zero-order valence-electron chi connectivity index (χ0n) is 86.0. The largest absolute Gasteiger partial charge is 0.406 e. The highest BCUT2D eigenvalue weighted by Crippen LogP contribution is 2.40. The number of pyridine rings is 6. The van der Waals surface area contributed by atoms with E-state index in [0.29, 0.717) is 82.6 Å². The molecule has 1 saturated carbocycles. The Labute approximate surface area is 869 Å². The molecule has 14 heterocycles. The van der Waals surface area contributed by atoms with E-state index in [2.05, 4.69) is 110 Å². The first-order valence-corrected chi connectivity index (χ1v) is 49.9. The minimum absolute atomic E-state index is 0.0132. The van der Waals surface area contributed by atoms with Crippen LogP contribution in [0.3, 0.4) is 0 Å². The number of nitrogens with zero attached hydrogens (tertiary/aromatic N) is 18. The van der Waals surface area contributed by atoms with E-state index in [9.17, 15) is 68.3 Å². The van der Waals surface area contributed by atoms with Crippen LogP contribution in [0.1, 0.15) is 258 Å². The Morgan fingerprint density at radius 3 is 0.993 bits per heavy atom. The van der Waals surface area contributed by atoms with Crippen LogP contribution in [0, 0.1) is 12.3 Å². The highest BCUT2D eigenvalue weighted by atomic mass is 35.5. The summed E-state index contributed by atoms with van der Waals surface area (Å²) >= 11 is 29.3. The molecule has 1 aliphatic carbocycles. The van der Waals surface area contributed by atoms with Gasteiger partial charge in [0.1, 0.15) is 78.5 Å². The summed E-state index contributed by atoms with van der Waals surface area (Å²) in [5.74, 6) is -0.737. The van der Waals surface area contributed by atoms with Gasteiger partial charge in [0.15, 0.2) is 33.9 Å². The van der Waals surface area contributed by atoms with Crippen molar-refractivity contribution in [3.63, 3.8) is 0 Å². The SMILES string of the molecule is CC(C)(C)CC(=O)Nc1nc2ccc(Cl)nc2n1CC(F)(F)F.CC(C)(C)OCCC(=O)Nc1nc2ccc(Cl)nc2n1CC(F)(F)F.CC(C)n1c(NC(=O)CC2CCCC(C)(C)O2)nc2ccc(Cl)nc21.CC(C)n1c(NC(=O)CCOC(C)(C)C)nc2ccc(Cl)nc21.CC1(C)CCCC(CC(=O)Nc2nc3ccc(Cl)nc3n2CC(F)(F)F)O1.Cc1ccnc2c1nc(NC(=O)CCOC(C)(C)C)n2C1CCC1. The number of nitrogens with one attached hydrogen (secondary N) is 6. The second-order valence-corrected chi connectivity index (χ2v) is 43.6. The number of hydrogen-bond donors (Lipinski definition) is 6. The topological polar surface area (TPSA) is 405 Å². The fourth-order valence-electron chi connectivity index (χ4n) is 15.7. The summed E-state index contributed by atoms with van der Waals surface area (Å²) in [6, 6.07) is 18.1. The van der Waals surface area contributed by atoms with Crippen LogP contribution in [0.2, 0.25) is 25.8 Å². The number of imidazole rings is 6. The van der Waals surface area contributed by atoms with Gasteiger partial charge in [-0.25, -0.2) is 59.8 Å². The van der Waals surface area contributed by atoms with Gasteiger partial charge in [-0.3, -0.25) is 88.1 Å². The number of anilines is 6. The Morgan fingerprint density at radius 1 is 0.388 bits per heavy atom. The molecule has 0 aromatic carbocycles. The molecule has 147 heavy (non-hydrogen) atoms. The summed E-state index contributed by atoms with van der Waals surface area (Å²) in [4.78, 5) is 124. The van der Waals surface area contributed by atoms with Gasteiger partial charge in [0.05, 0.1) is 92.1 Å². The maximum atomic E-state index is 13.0. The molecule has 0 bridgehead atoms. The molecule has 3 aliphatic rings. The number of hydrogen-bond acceptors (Lipinski definition) is 23. The average Bonchev–Trinajstić information content (AvgIpc) is 1.63. The quantitative estimate of drug-likeness (QED) is 0.0217. The van der Waals surface area contributed by atoms with Crippen molar-refractivity contribution in [3.05, 3.63) is 104 Å². The van der Waals surface area contributed by atoms with Crippen molar-refractivity contribution in [2.75, 3.05) is 51.7 Å². The molecule has 12 aromatic rings. The van der Waals surface area contributed by atoms with E-state index in [1.54, 1.807) is 24.4 Å². The molecule has 2 aliphatic heterocycles. The summed E-state index contributed by atoms with van der Waals surface area (Å²) < 4.78 is 153. The van der Waals surface area contributed by atoms with Crippen LogP contribution >= 0.6 is 58.0 Å². The average molecular weight is 2170 g/mol. The molecule has 0 spiro atoms. The number of fused-ring (bicyclic) bond motifs is 6. The van der Waals surface area contributed by atoms with Crippen LogP contribution in [-0.4, -0.2) is 201 Å². The first-order chi connectivity index (χ1) is 68.2. The lowest BCUT2D eigenvalue weighted by atomic mass is 9.92. The van der Waals surface area contributed by atoms with Crippen molar-refractivity contribution in [1.29, 1.82) is 0 Å². The van der Waals surface area contributed by atoms with Crippen LogP contribution in [0.25, 0.3) is 67.0 Å². The highest BCUT2D eigenvalue weighted by molar-refractivity contribution is 6.31. The Morgan fingerprint density at radius 2 is 0.687 bits per heavy atom. The molecule has 35 nitrogen and oxygen atoms in total. The van der Waals surface area contributed by atoms with E-state index >= 15 is 0 Å². The molecule has 12 aromatic heterocycles. The second-order valence-electron chi connectivity index (χ2n) is 41.6. The molecule has 6 amide bonds. The maximum absolute atomic E-state index is 13.0. The van der Waals surface area contributed by atoms with E-state index in [0.717, 1.165) is 81.8 Å². The number of rotatable bonds is 26. The molecular weight excluding hydrogens is 2040 g/mol. The number of amides is 6. The number of aromatic nitrogens is 18. The smallest absolute Gasteiger partial charge is 0.375 e. The normalized spacial score (nSPS) is 15.7. The third-order valence-electron chi connectivity index (χ3n) is 22.1. The van der Waals surface area contributed by atoms with Crippen molar-refractivity contribution in [2.24, 2.45) is 5.41 Å². The van der Waals surface area contributed by atoms with Gasteiger partial charge in [0.2, 0.25) is 71.1 Å². The molecule has 2 unspecified atom stereocenters. The molecule has 49 heteroatoms. The molecule has 6 N–H and O–H groups in total. The summed E-state index contributed by atoms with van der Waals surface area (Å²) in [6.45, 7) is 37.9. The van der Waals surface area contributed by atoms with Crippen LogP contribution in [0.4, 0.5) is 75.2 Å². The zero-order valence-corrected chi connectivity index (χ0v) is 89.8. The van der Waals surface area contributed by atoms with E-state index in [-0.39, 0.29) is 169 Å². The van der Waals surface area contributed by atoms with Gasteiger partial charge >= 0.3 is 18.5 Å². The number of carbonyl (C=O) groups is 6. The molecule has 3 fully saturated rings. The number of alkyl halides is 9. The summed E-state index contributed by atoms with van der Waals surface area (Å²) in [7, 11) is 0. The van der Waals surface area contributed by atoms with E-state index in [1.807, 2.05) is 153 Å². The molecule has 2 saturated heterocycles. The van der Waals surface area contributed by atoms with Gasteiger partial charge in [-0.2, -0.15) is 39.5 Å². The van der Waals surface area contributed by atoms with Crippen molar-refractivity contribution in [3.8, 4) is 0 Å².